The van der Waals surface area contributed by atoms with Gasteiger partial charge in [0.1, 0.15) is 6.20 Å². The Hall–Kier alpha value is -3.01. The Labute approximate surface area is 143 Å². The summed E-state index contributed by atoms with van der Waals surface area (Å²) in [5.74, 6) is 0.0298. The van der Waals surface area contributed by atoms with Crippen molar-refractivity contribution in [3.63, 3.8) is 0 Å². The summed E-state index contributed by atoms with van der Waals surface area (Å²) in [6.45, 7) is 1.79. The van der Waals surface area contributed by atoms with E-state index >= 15 is 0 Å². The SMILES string of the molecule is CCCS(=O)(=O)Nc1cccc(-c2ccnc3c([N+](=O)[O-])cnn23)c1. The van der Waals surface area contributed by atoms with Crippen molar-refractivity contribution in [2.24, 2.45) is 0 Å². The number of anilines is 1. The molecule has 0 radical (unpaired) electrons. The molecular weight excluding hydrogens is 346 g/mol. The summed E-state index contributed by atoms with van der Waals surface area (Å²) in [6, 6.07) is 8.41. The number of nitrogens with zero attached hydrogens (tertiary/aromatic N) is 4. The van der Waals surface area contributed by atoms with Crippen LogP contribution < -0.4 is 4.72 Å². The highest BCUT2D eigenvalue weighted by molar-refractivity contribution is 7.92. The maximum atomic E-state index is 11.9. The van der Waals surface area contributed by atoms with Crippen LogP contribution in [0.2, 0.25) is 0 Å². The van der Waals surface area contributed by atoms with E-state index in [1.54, 1.807) is 37.3 Å². The Balaban J connectivity index is 2.05. The number of fused-ring (bicyclic) bond motifs is 1. The molecule has 0 bridgehead atoms. The molecule has 0 spiro atoms. The third kappa shape index (κ3) is 3.43. The predicted octanol–water partition coefficient (Wildman–Crippen LogP) is 2.46. The van der Waals surface area contributed by atoms with Gasteiger partial charge in [0, 0.05) is 17.4 Å². The lowest BCUT2D eigenvalue weighted by Gasteiger charge is -2.09. The topological polar surface area (TPSA) is 120 Å². The van der Waals surface area contributed by atoms with E-state index in [0.29, 0.717) is 23.4 Å². The van der Waals surface area contributed by atoms with Gasteiger partial charge in [-0.05, 0) is 24.6 Å². The van der Waals surface area contributed by atoms with Gasteiger partial charge < -0.3 is 0 Å². The zero-order valence-electron chi connectivity index (χ0n) is 13.3. The minimum atomic E-state index is -3.41. The second-order valence-corrected chi connectivity index (χ2v) is 7.20. The predicted molar refractivity (Wildman–Crippen MR) is 92.8 cm³/mol. The third-order valence-electron chi connectivity index (χ3n) is 3.48. The number of benzene rings is 1. The molecule has 0 unspecified atom stereocenters. The molecule has 0 atom stereocenters. The Kier molecular flexibility index (Phi) is 4.36. The van der Waals surface area contributed by atoms with Crippen molar-refractivity contribution in [2.45, 2.75) is 13.3 Å². The Morgan fingerprint density at radius 3 is 2.84 bits per heavy atom. The first-order valence-corrected chi connectivity index (χ1v) is 9.14. The molecule has 3 aromatic rings. The van der Waals surface area contributed by atoms with Crippen molar-refractivity contribution >= 4 is 27.0 Å². The van der Waals surface area contributed by atoms with Crippen LogP contribution in [0.3, 0.4) is 0 Å². The number of aromatic nitrogens is 3. The summed E-state index contributed by atoms with van der Waals surface area (Å²) in [4.78, 5) is 14.5. The van der Waals surface area contributed by atoms with Crippen molar-refractivity contribution in [3.05, 3.63) is 52.8 Å². The van der Waals surface area contributed by atoms with Crippen molar-refractivity contribution in [1.82, 2.24) is 14.6 Å². The van der Waals surface area contributed by atoms with Crippen LogP contribution in [0.5, 0.6) is 0 Å². The maximum Gasteiger partial charge on any atom is 0.333 e. The molecule has 0 saturated carbocycles. The molecule has 0 fully saturated rings. The van der Waals surface area contributed by atoms with Gasteiger partial charge in [-0.25, -0.2) is 17.9 Å². The normalized spacial score (nSPS) is 11.6. The van der Waals surface area contributed by atoms with E-state index in [1.165, 1.54) is 10.7 Å². The van der Waals surface area contributed by atoms with Crippen LogP contribution in [0.4, 0.5) is 11.4 Å². The van der Waals surface area contributed by atoms with E-state index in [-0.39, 0.29) is 17.1 Å². The van der Waals surface area contributed by atoms with Gasteiger partial charge >= 0.3 is 5.69 Å². The maximum absolute atomic E-state index is 11.9. The van der Waals surface area contributed by atoms with Crippen LogP contribution in [-0.4, -0.2) is 33.7 Å². The van der Waals surface area contributed by atoms with Gasteiger partial charge in [-0.3, -0.25) is 14.8 Å². The fraction of sp³-hybridized carbons (Fsp3) is 0.200. The van der Waals surface area contributed by atoms with Crippen LogP contribution in [0, 0.1) is 10.1 Å². The molecule has 1 N–H and O–H groups in total. The molecule has 0 amide bonds. The second-order valence-electron chi connectivity index (χ2n) is 5.35. The first-order chi connectivity index (χ1) is 11.9. The summed E-state index contributed by atoms with van der Waals surface area (Å²) >= 11 is 0. The average molecular weight is 361 g/mol. The Morgan fingerprint density at radius 2 is 2.12 bits per heavy atom. The van der Waals surface area contributed by atoms with Crippen LogP contribution in [0.1, 0.15) is 13.3 Å². The molecule has 0 saturated heterocycles. The van der Waals surface area contributed by atoms with Crippen LogP contribution in [-0.2, 0) is 10.0 Å². The summed E-state index contributed by atoms with van der Waals surface area (Å²) in [7, 11) is -3.41. The average Bonchev–Trinajstić information content (AvgIpc) is 2.98. The monoisotopic (exact) mass is 361 g/mol. The van der Waals surface area contributed by atoms with E-state index in [2.05, 4.69) is 14.8 Å². The minimum Gasteiger partial charge on any atom is -0.284 e. The molecule has 2 aromatic heterocycles. The molecule has 0 aliphatic rings. The number of sulfonamides is 1. The lowest BCUT2D eigenvalue weighted by molar-refractivity contribution is -0.383. The minimum absolute atomic E-state index is 0.0298. The molecule has 0 aliphatic carbocycles. The van der Waals surface area contributed by atoms with E-state index < -0.39 is 14.9 Å². The molecule has 0 aliphatic heterocycles. The van der Waals surface area contributed by atoms with Crippen molar-refractivity contribution in [1.29, 1.82) is 0 Å². The highest BCUT2D eigenvalue weighted by Crippen LogP contribution is 2.26. The summed E-state index contributed by atoms with van der Waals surface area (Å²) in [5, 5.41) is 15.1. The number of nitrogens with one attached hydrogen (secondary N) is 1. The van der Waals surface area contributed by atoms with Gasteiger partial charge in [0.25, 0.3) is 0 Å². The van der Waals surface area contributed by atoms with Crippen molar-refractivity contribution in [3.8, 4) is 11.3 Å². The zero-order valence-corrected chi connectivity index (χ0v) is 14.1. The molecular formula is C15H15N5O4S. The molecule has 2 heterocycles. The molecule has 10 heteroatoms. The van der Waals surface area contributed by atoms with Gasteiger partial charge in [-0.1, -0.05) is 19.1 Å². The van der Waals surface area contributed by atoms with Gasteiger partial charge in [-0.15, -0.1) is 0 Å². The zero-order chi connectivity index (χ0) is 18.0. The highest BCUT2D eigenvalue weighted by atomic mass is 32.2. The standard InChI is InChI=1S/C15H15N5O4S/c1-2-8-25(23,24)18-12-5-3-4-11(9-12)13-6-7-16-15-14(20(21)22)10-17-19(13)15/h3-7,9-10,18H,2,8H2,1H3. The molecule has 130 valence electrons. The fourth-order valence-corrected chi connectivity index (χ4v) is 3.59. The van der Waals surface area contributed by atoms with Crippen LogP contribution in [0.25, 0.3) is 16.9 Å². The third-order valence-corrected chi connectivity index (χ3v) is 4.98. The second kappa shape index (κ2) is 6.48. The van der Waals surface area contributed by atoms with Gasteiger partial charge in [0.05, 0.1) is 16.4 Å². The van der Waals surface area contributed by atoms with E-state index in [1.807, 2.05) is 0 Å². The quantitative estimate of drug-likeness (QED) is 0.532. The lowest BCUT2D eigenvalue weighted by atomic mass is 10.1. The summed E-state index contributed by atoms with van der Waals surface area (Å²) in [6.07, 6.45) is 3.10. The highest BCUT2D eigenvalue weighted by Gasteiger charge is 2.18. The largest absolute Gasteiger partial charge is 0.333 e. The first-order valence-electron chi connectivity index (χ1n) is 7.49. The van der Waals surface area contributed by atoms with E-state index in [4.69, 9.17) is 0 Å². The lowest BCUT2D eigenvalue weighted by Crippen LogP contribution is -2.16. The van der Waals surface area contributed by atoms with Crippen molar-refractivity contribution < 1.29 is 13.3 Å². The molecule has 9 nitrogen and oxygen atoms in total. The summed E-state index contributed by atoms with van der Waals surface area (Å²) in [5.41, 5.74) is 1.57. The molecule has 3 rings (SSSR count). The van der Waals surface area contributed by atoms with Gasteiger partial charge in [0.15, 0.2) is 0 Å². The van der Waals surface area contributed by atoms with Gasteiger partial charge in [0.2, 0.25) is 15.7 Å². The number of nitro groups is 1. The number of hydrogen-bond acceptors (Lipinski definition) is 6. The first kappa shape index (κ1) is 16.8. The van der Waals surface area contributed by atoms with Crippen LogP contribution in [0.15, 0.2) is 42.7 Å². The van der Waals surface area contributed by atoms with Crippen LogP contribution >= 0.6 is 0 Å². The van der Waals surface area contributed by atoms with E-state index in [0.717, 1.165) is 6.20 Å². The Morgan fingerprint density at radius 1 is 1.32 bits per heavy atom. The molecule has 1 aromatic carbocycles. The molecule has 25 heavy (non-hydrogen) atoms. The smallest absolute Gasteiger partial charge is 0.284 e. The Bertz CT molecular complexity index is 1050. The summed E-state index contributed by atoms with van der Waals surface area (Å²) < 4.78 is 27.7. The number of hydrogen-bond donors (Lipinski definition) is 1. The number of rotatable bonds is 6. The van der Waals surface area contributed by atoms with Crippen molar-refractivity contribution in [2.75, 3.05) is 10.5 Å². The van der Waals surface area contributed by atoms with Gasteiger partial charge in [-0.2, -0.15) is 5.10 Å². The fourth-order valence-electron chi connectivity index (χ4n) is 2.47. The van der Waals surface area contributed by atoms with E-state index in [9.17, 15) is 18.5 Å².